The Morgan fingerprint density at radius 1 is 1.04 bits per heavy atom. The van der Waals surface area contributed by atoms with Gasteiger partial charge >= 0.3 is 0 Å². The van der Waals surface area contributed by atoms with E-state index in [9.17, 15) is 13.2 Å². The van der Waals surface area contributed by atoms with Crippen molar-refractivity contribution in [2.24, 2.45) is 0 Å². The van der Waals surface area contributed by atoms with Crippen LogP contribution in [-0.4, -0.2) is 27.4 Å². The van der Waals surface area contributed by atoms with Crippen LogP contribution >= 0.6 is 27.3 Å². The topological polar surface area (TPSA) is 75.3 Å². The second-order valence-electron chi connectivity index (χ2n) is 5.96. The van der Waals surface area contributed by atoms with Gasteiger partial charge < -0.3 is 5.32 Å². The van der Waals surface area contributed by atoms with Crippen LogP contribution in [0.4, 0.5) is 0 Å². The molecule has 2 N–H and O–H groups in total. The third kappa shape index (κ3) is 5.38. The van der Waals surface area contributed by atoms with Crippen molar-refractivity contribution in [2.45, 2.75) is 17.7 Å². The van der Waals surface area contributed by atoms with E-state index in [0.717, 1.165) is 10.9 Å². The van der Waals surface area contributed by atoms with Gasteiger partial charge in [-0.2, -0.15) is 0 Å². The highest BCUT2D eigenvalue weighted by Crippen LogP contribution is 2.25. The Balaban J connectivity index is 1.42. The minimum Gasteiger partial charge on any atom is -0.356 e. The largest absolute Gasteiger partial charge is 0.356 e. The van der Waals surface area contributed by atoms with E-state index in [1.165, 1.54) is 27.8 Å². The zero-order valence-corrected chi connectivity index (χ0v) is 17.7. The predicted molar refractivity (Wildman–Crippen MR) is 112 cm³/mol. The van der Waals surface area contributed by atoms with Crippen molar-refractivity contribution in [3.63, 3.8) is 0 Å². The highest BCUT2D eigenvalue weighted by atomic mass is 79.9. The van der Waals surface area contributed by atoms with Crippen molar-refractivity contribution in [2.75, 3.05) is 13.1 Å². The second kappa shape index (κ2) is 8.97. The number of thiophene rings is 1. The van der Waals surface area contributed by atoms with E-state index < -0.39 is 10.0 Å². The van der Waals surface area contributed by atoms with Gasteiger partial charge in [-0.1, -0.05) is 34.1 Å². The van der Waals surface area contributed by atoms with Gasteiger partial charge in [-0.05, 0) is 53.1 Å². The fourth-order valence-electron chi connectivity index (χ4n) is 2.65. The Labute approximate surface area is 171 Å². The van der Waals surface area contributed by atoms with E-state index in [2.05, 4.69) is 43.5 Å². The normalized spacial score (nSPS) is 11.6. The number of carbonyl (C=O) groups is 1. The smallest absolute Gasteiger partial charge is 0.240 e. The molecule has 0 spiro atoms. The molecule has 27 heavy (non-hydrogen) atoms. The first-order valence-electron chi connectivity index (χ1n) is 8.43. The number of fused-ring (bicyclic) bond motifs is 1. The quantitative estimate of drug-likeness (QED) is 0.531. The number of halogens is 1. The van der Waals surface area contributed by atoms with E-state index >= 15 is 0 Å². The molecule has 3 aromatic rings. The predicted octanol–water partition coefficient (Wildman–Crippen LogP) is 3.69. The lowest BCUT2D eigenvalue weighted by atomic mass is 10.1. The summed E-state index contributed by atoms with van der Waals surface area (Å²) in [7, 11) is -3.60. The van der Waals surface area contributed by atoms with Crippen molar-refractivity contribution >= 4 is 53.3 Å². The maximum atomic E-state index is 12.2. The highest BCUT2D eigenvalue weighted by Gasteiger charge is 2.14. The number of carbonyl (C=O) groups excluding carboxylic acids is 1. The number of benzene rings is 2. The minimum absolute atomic E-state index is 0.0611. The number of hydrogen-bond acceptors (Lipinski definition) is 4. The van der Waals surface area contributed by atoms with Crippen LogP contribution in [0.2, 0.25) is 0 Å². The van der Waals surface area contributed by atoms with Crippen molar-refractivity contribution in [1.82, 2.24) is 10.0 Å². The van der Waals surface area contributed by atoms with Crippen LogP contribution in [0.5, 0.6) is 0 Å². The first-order chi connectivity index (χ1) is 13.0. The molecule has 0 radical (unpaired) electrons. The van der Waals surface area contributed by atoms with Crippen LogP contribution in [0.15, 0.2) is 63.3 Å². The molecule has 5 nitrogen and oxygen atoms in total. The molecule has 0 bridgehead atoms. The van der Waals surface area contributed by atoms with Crippen LogP contribution in [0, 0.1) is 0 Å². The molecule has 1 heterocycles. The molecule has 0 saturated carbocycles. The van der Waals surface area contributed by atoms with Gasteiger partial charge in [0.15, 0.2) is 0 Å². The maximum Gasteiger partial charge on any atom is 0.240 e. The molecule has 1 aromatic heterocycles. The Kier molecular flexibility index (Phi) is 6.64. The lowest BCUT2D eigenvalue weighted by Crippen LogP contribution is -2.31. The fraction of sp³-hybridized carbons (Fsp3) is 0.211. The molecule has 1 amide bonds. The van der Waals surface area contributed by atoms with Gasteiger partial charge in [-0.3, -0.25) is 4.79 Å². The van der Waals surface area contributed by atoms with Crippen molar-refractivity contribution in [1.29, 1.82) is 0 Å². The van der Waals surface area contributed by atoms with Gasteiger partial charge in [0.05, 0.1) is 4.90 Å². The van der Waals surface area contributed by atoms with E-state index in [1.807, 2.05) is 12.1 Å². The molecule has 0 saturated heterocycles. The van der Waals surface area contributed by atoms with Gasteiger partial charge in [-0.15, -0.1) is 11.3 Å². The molecule has 0 unspecified atom stereocenters. The number of amides is 1. The minimum atomic E-state index is -3.60. The fourth-order valence-corrected chi connectivity index (χ4v) is 4.94. The van der Waals surface area contributed by atoms with Gasteiger partial charge in [-0.25, -0.2) is 13.1 Å². The number of sulfonamides is 1. The monoisotopic (exact) mass is 466 g/mol. The Hall–Kier alpha value is -1.74. The Morgan fingerprint density at radius 3 is 2.56 bits per heavy atom. The van der Waals surface area contributed by atoms with Crippen LogP contribution in [0.3, 0.4) is 0 Å². The standard InChI is InChI=1S/C19H19BrN2O3S2/c20-15-5-7-16(8-6-15)27(24,25)22-12-10-19(23)21-11-9-14-13-26-18-4-2-1-3-17(14)18/h1-8,13,22H,9-12H2,(H,21,23). The average molecular weight is 467 g/mol. The van der Waals surface area contributed by atoms with Crippen molar-refractivity contribution < 1.29 is 13.2 Å². The molecule has 0 aliphatic rings. The molecular weight excluding hydrogens is 448 g/mol. The van der Waals surface area contributed by atoms with E-state index in [1.54, 1.807) is 23.5 Å². The average Bonchev–Trinajstić information content (AvgIpc) is 3.05. The van der Waals surface area contributed by atoms with Crippen LogP contribution < -0.4 is 10.0 Å². The van der Waals surface area contributed by atoms with E-state index in [-0.39, 0.29) is 23.8 Å². The molecule has 8 heteroatoms. The summed E-state index contributed by atoms with van der Waals surface area (Å²) in [6.45, 7) is 0.588. The summed E-state index contributed by atoms with van der Waals surface area (Å²) >= 11 is 4.96. The maximum absolute atomic E-state index is 12.2. The number of nitrogens with one attached hydrogen (secondary N) is 2. The van der Waals surface area contributed by atoms with Crippen molar-refractivity contribution in [3.8, 4) is 0 Å². The molecule has 0 aliphatic heterocycles. The molecule has 3 rings (SSSR count). The number of rotatable bonds is 8. The third-order valence-corrected chi connectivity index (χ3v) is 7.06. The zero-order valence-electron chi connectivity index (χ0n) is 14.4. The van der Waals surface area contributed by atoms with E-state index in [4.69, 9.17) is 0 Å². The van der Waals surface area contributed by atoms with Crippen molar-refractivity contribution in [3.05, 3.63) is 63.9 Å². The van der Waals surface area contributed by atoms with Gasteiger partial charge in [0.25, 0.3) is 0 Å². The van der Waals surface area contributed by atoms with E-state index in [0.29, 0.717) is 6.54 Å². The number of hydrogen-bond donors (Lipinski definition) is 2. The summed E-state index contributed by atoms with van der Waals surface area (Å²) in [5.41, 5.74) is 1.21. The molecule has 0 fully saturated rings. The second-order valence-corrected chi connectivity index (χ2v) is 9.55. The summed E-state index contributed by atoms with van der Waals surface area (Å²) in [5, 5.41) is 6.18. The first-order valence-corrected chi connectivity index (χ1v) is 11.6. The molecule has 0 aliphatic carbocycles. The van der Waals surface area contributed by atoms with Crippen LogP contribution in [0.25, 0.3) is 10.1 Å². The molecular formula is C19H19BrN2O3S2. The lowest BCUT2D eigenvalue weighted by molar-refractivity contribution is -0.120. The summed E-state index contributed by atoms with van der Waals surface area (Å²) in [5.74, 6) is -0.173. The van der Waals surface area contributed by atoms with Crippen LogP contribution in [-0.2, 0) is 21.2 Å². The van der Waals surface area contributed by atoms with Crippen LogP contribution in [0.1, 0.15) is 12.0 Å². The zero-order chi connectivity index (χ0) is 19.3. The molecule has 0 atom stereocenters. The van der Waals surface area contributed by atoms with Gasteiger partial charge in [0.2, 0.25) is 15.9 Å². The Morgan fingerprint density at radius 2 is 1.78 bits per heavy atom. The summed E-state index contributed by atoms with van der Waals surface area (Å²) in [6, 6.07) is 14.5. The third-order valence-electron chi connectivity index (χ3n) is 4.05. The molecule has 142 valence electrons. The van der Waals surface area contributed by atoms with Gasteiger partial charge in [0, 0.05) is 28.7 Å². The Bertz CT molecular complexity index is 1030. The SMILES string of the molecule is O=C(CCNS(=O)(=O)c1ccc(Br)cc1)NCCc1csc2ccccc12. The summed E-state index contributed by atoms with van der Waals surface area (Å²) < 4.78 is 28.8. The lowest BCUT2D eigenvalue weighted by Gasteiger charge is -2.08. The highest BCUT2D eigenvalue weighted by molar-refractivity contribution is 9.10. The van der Waals surface area contributed by atoms with Gasteiger partial charge in [0.1, 0.15) is 0 Å². The summed E-state index contributed by atoms with van der Waals surface area (Å²) in [4.78, 5) is 12.1. The molecule has 2 aromatic carbocycles. The first kappa shape index (κ1) is 20.0. The summed E-state index contributed by atoms with van der Waals surface area (Å²) in [6.07, 6.45) is 0.848.